The van der Waals surface area contributed by atoms with E-state index in [0.29, 0.717) is 19.8 Å². The Bertz CT molecular complexity index is 580. The molecule has 0 aliphatic rings. The Labute approximate surface area is 122 Å². The summed E-state index contributed by atoms with van der Waals surface area (Å²) < 4.78 is 6.28. The standard InChI is InChI=1S/C15H19NO3S/c1-11-12-5-2-3-6-13(12)20-14(11)15(18)16-7-4-9-19-10-8-17/h2-3,5-6,17H,4,7-10H2,1H3,(H,16,18). The molecule has 0 saturated heterocycles. The van der Waals surface area contributed by atoms with Crippen LogP contribution in [-0.2, 0) is 4.74 Å². The van der Waals surface area contributed by atoms with E-state index in [9.17, 15) is 4.79 Å². The number of aryl methyl sites for hydroxylation is 1. The first-order valence-electron chi connectivity index (χ1n) is 6.69. The number of rotatable bonds is 7. The molecular weight excluding hydrogens is 274 g/mol. The van der Waals surface area contributed by atoms with Gasteiger partial charge in [0, 0.05) is 17.9 Å². The lowest BCUT2D eigenvalue weighted by atomic mass is 10.1. The summed E-state index contributed by atoms with van der Waals surface area (Å²) in [6.07, 6.45) is 0.746. The number of thiophene rings is 1. The Hall–Kier alpha value is -1.43. The van der Waals surface area contributed by atoms with E-state index in [2.05, 4.69) is 5.32 Å². The maximum atomic E-state index is 12.1. The minimum Gasteiger partial charge on any atom is -0.394 e. The molecule has 20 heavy (non-hydrogen) atoms. The minimum atomic E-state index is -0.0224. The van der Waals surface area contributed by atoms with Crippen molar-refractivity contribution in [3.63, 3.8) is 0 Å². The van der Waals surface area contributed by atoms with Crippen molar-refractivity contribution in [2.45, 2.75) is 13.3 Å². The fraction of sp³-hybridized carbons (Fsp3) is 0.400. The molecule has 1 heterocycles. The van der Waals surface area contributed by atoms with Crippen molar-refractivity contribution < 1.29 is 14.6 Å². The van der Waals surface area contributed by atoms with E-state index in [4.69, 9.17) is 9.84 Å². The van der Waals surface area contributed by atoms with Gasteiger partial charge in [-0.05, 0) is 30.4 Å². The predicted molar refractivity (Wildman–Crippen MR) is 81.4 cm³/mol. The number of amides is 1. The molecule has 2 rings (SSSR count). The highest BCUT2D eigenvalue weighted by Crippen LogP contribution is 2.30. The quantitative estimate of drug-likeness (QED) is 0.770. The van der Waals surface area contributed by atoms with E-state index >= 15 is 0 Å². The van der Waals surface area contributed by atoms with Gasteiger partial charge in [0.15, 0.2) is 0 Å². The van der Waals surface area contributed by atoms with Crippen molar-refractivity contribution in [1.29, 1.82) is 0 Å². The van der Waals surface area contributed by atoms with Gasteiger partial charge < -0.3 is 15.2 Å². The zero-order valence-corrected chi connectivity index (χ0v) is 12.3. The van der Waals surface area contributed by atoms with Gasteiger partial charge in [0.1, 0.15) is 0 Å². The number of aliphatic hydroxyl groups is 1. The Morgan fingerprint density at radius 3 is 2.90 bits per heavy atom. The molecule has 0 saturated carbocycles. The molecule has 0 atom stereocenters. The third-order valence-electron chi connectivity index (χ3n) is 3.04. The number of nitrogens with one attached hydrogen (secondary N) is 1. The van der Waals surface area contributed by atoms with Crippen LogP contribution in [0.1, 0.15) is 21.7 Å². The number of benzene rings is 1. The van der Waals surface area contributed by atoms with Gasteiger partial charge in [0.2, 0.25) is 0 Å². The summed E-state index contributed by atoms with van der Waals surface area (Å²) in [5.41, 5.74) is 1.04. The molecule has 1 aromatic heterocycles. The second kappa shape index (κ2) is 7.38. The van der Waals surface area contributed by atoms with Crippen LogP contribution in [0.4, 0.5) is 0 Å². The first-order chi connectivity index (χ1) is 9.74. The summed E-state index contributed by atoms with van der Waals surface area (Å²) >= 11 is 1.53. The van der Waals surface area contributed by atoms with Gasteiger partial charge in [-0.2, -0.15) is 0 Å². The normalized spacial score (nSPS) is 10.9. The monoisotopic (exact) mass is 293 g/mol. The summed E-state index contributed by atoms with van der Waals surface area (Å²) in [6.45, 7) is 3.50. The van der Waals surface area contributed by atoms with E-state index in [1.54, 1.807) is 0 Å². The lowest BCUT2D eigenvalue weighted by Gasteiger charge is -2.05. The van der Waals surface area contributed by atoms with Gasteiger partial charge in [-0.25, -0.2) is 0 Å². The zero-order valence-electron chi connectivity index (χ0n) is 11.5. The minimum absolute atomic E-state index is 0.0224. The average Bonchev–Trinajstić information content (AvgIpc) is 2.80. The lowest BCUT2D eigenvalue weighted by Crippen LogP contribution is -2.25. The molecular formula is C15H19NO3S. The third kappa shape index (κ3) is 3.56. The maximum Gasteiger partial charge on any atom is 0.261 e. The molecule has 0 fully saturated rings. The molecule has 2 aromatic rings. The van der Waals surface area contributed by atoms with Gasteiger partial charge >= 0.3 is 0 Å². The van der Waals surface area contributed by atoms with Crippen LogP contribution in [-0.4, -0.2) is 37.4 Å². The van der Waals surface area contributed by atoms with E-state index in [-0.39, 0.29) is 12.5 Å². The first kappa shape index (κ1) is 15.0. The zero-order chi connectivity index (χ0) is 14.4. The van der Waals surface area contributed by atoms with Crippen LogP contribution in [0.15, 0.2) is 24.3 Å². The van der Waals surface area contributed by atoms with Crippen LogP contribution >= 0.6 is 11.3 Å². The molecule has 0 aliphatic heterocycles. The molecule has 5 heteroatoms. The first-order valence-corrected chi connectivity index (χ1v) is 7.50. The van der Waals surface area contributed by atoms with Crippen molar-refractivity contribution in [1.82, 2.24) is 5.32 Å². The smallest absolute Gasteiger partial charge is 0.261 e. The van der Waals surface area contributed by atoms with Crippen LogP contribution < -0.4 is 5.32 Å². The molecule has 0 spiro atoms. The van der Waals surface area contributed by atoms with Crippen molar-refractivity contribution in [3.8, 4) is 0 Å². The maximum absolute atomic E-state index is 12.1. The van der Waals surface area contributed by atoms with Crippen molar-refractivity contribution >= 4 is 27.3 Å². The Balaban J connectivity index is 1.89. The van der Waals surface area contributed by atoms with E-state index in [1.165, 1.54) is 11.3 Å². The SMILES string of the molecule is Cc1c(C(=O)NCCCOCCO)sc2ccccc12. The van der Waals surface area contributed by atoms with Crippen LogP contribution in [0.2, 0.25) is 0 Å². The molecule has 0 radical (unpaired) electrons. The predicted octanol–water partition coefficient (Wildman–Crippen LogP) is 2.34. The number of ether oxygens (including phenoxy) is 1. The molecule has 1 amide bonds. The second-order valence-corrected chi connectivity index (χ2v) is 5.55. The van der Waals surface area contributed by atoms with Gasteiger partial charge in [0.25, 0.3) is 5.91 Å². The average molecular weight is 293 g/mol. The Kier molecular flexibility index (Phi) is 5.52. The topological polar surface area (TPSA) is 58.6 Å². The summed E-state index contributed by atoms with van der Waals surface area (Å²) in [4.78, 5) is 12.9. The summed E-state index contributed by atoms with van der Waals surface area (Å²) in [6, 6.07) is 8.05. The highest BCUT2D eigenvalue weighted by atomic mass is 32.1. The van der Waals surface area contributed by atoms with Gasteiger partial charge in [-0.15, -0.1) is 11.3 Å². The van der Waals surface area contributed by atoms with E-state index in [0.717, 1.165) is 26.9 Å². The molecule has 0 unspecified atom stereocenters. The van der Waals surface area contributed by atoms with Crippen LogP contribution in [0.3, 0.4) is 0 Å². The Morgan fingerprint density at radius 1 is 1.35 bits per heavy atom. The van der Waals surface area contributed by atoms with Crippen molar-refractivity contribution in [2.24, 2.45) is 0 Å². The van der Waals surface area contributed by atoms with Gasteiger partial charge in [0.05, 0.1) is 18.1 Å². The molecule has 2 N–H and O–H groups in total. The van der Waals surface area contributed by atoms with Crippen molar-refractivity contribution in [2.75, 3.05) is 26.4 Å². The molecule has 1 aromatic carbocycles. The van der Waals surface area contributed by atoms with E-state index in [1.807, 2.05) is 31.2 Å². The Morgan fingerprint density at radius 2 is 2.15 bits per heavy atom. The van der Waals surface area contributed by atoms with Crippen LogP contribution in [0, 0.1) is 6.92 Å². The summed E-state index contributed by atoms with van der Waals surface area (Å²) in [7, 11) is 0. The number of hydrogen-bond donors (Lipinski definition) is 2. The molecule has 0 aliphatic carbocycles. The van der Waals surface area contributed by atoms with Crippen LogP contribution in [0.25, 0.3) is 10.1 Å². The van der Waals surface area contributed by atoms with Gasteiger partial charge in [-0.3, -0.25) is 4.79 Å². The van der Waals surface area contributed by atoms with Gasteiger partial charge in [-0.1, -0.05) is 18.2 Å². The molecule has 4 nitrogen and oxygen atoms in total. The fourth-order valence-corrected chi connectivity index (χ4v) is 3.14. The third-order valence-corrected chi connectivity index (χ3v) is 4.31. The molecule has 0 bridgehead atoms. The van der Waals surface area contributed by atoms with E-state index < -0.39 is 0 Å². The molecule has 108 valence electrons. The highest BCUT2D eigenvalue weighted by Gasteiger charge is 2.14. The number of carbonyl (C=O) groups excluding carboxylic acids is 1. The van der Waals surface area contributed by atoms with Crippen LogP contribution in [0.5, 0.6) is 0 Å². The number of fused-ring (bicyclic) bond motifs is 1. The largest absolute Gasteiger partial charge is 0.394 e. The van der Waals surface area contributed by atoms with Crippen molar-refractivity contribution in [3.05, 3.63) is 34.7 Å². The number of aliphatic hydroxyl groups excluding tert-OH is 1. The fourth-order valence-electron chi connectivity index (χ4n) is 2.01. The highest BCUT2D eigenvalue weighted by molar-refractivity contribution is 7.21. The number of carbonyl (C=O) groups is 1. The lowest BCUT2D eigenvalue weighted by molar-refractivity contribution is 0.0869. The second-order valence-electron chi connectivity index (χ2n) is 4.50. The summed E-state index contributed by atoms with van der Waals surface area (Å²) in [5.74, 6) is -0.0224. The summed E-state index contributed by atoms with van der Waals surface area (Å²) in [5, 5.41) is 12.6. The number of hydrogen-bond acceptors (Lipinski definition) is 4.